The number of carbonyl (C=O) groups excluding carboxylic acids is 2. The summed E-state index contributed by atoms with van der Waals surface area (Å²) in [5, 5.41) is 9.15. The molecule has 18 heavy (non-hydrogen) atoms. The van der Waals surface area contributed by atoms with Gasteiger partial charge in [0, 0.05) is 12.6 Å². The largest absolute Gasteiger partial charge is 0.396 e. The number of aliphatic hydroxyl groups excluding tert-OH is 1. The Morgan fingerprint density at radius 3 is 2.39 bits per heavy atom. The molecule has 0 spiro atoms. The molecule has 0 bridgehead atoms. The summed E-state index contributed by atoms with van der Waals surface area (Å²) >= 11 is 0. The second-order valence-electron chi connectivity index (χ2n) is 4.93. The van der Waals surface area contributed by atoms with Gasteiger partial charge in [0.15, 0.2) is 0 Å². The molecular weight excluding hydrogens is 230 g/mol. The maximum absolute atomic E-state index is 12.2. The van der Waals surface area contributed by atoms with E-state index < -0.39 is 0 Å². The first kappa shape index (κ1) is 12.8. The van der Waals surface area contributed by atoms with E-state index in [0.29, 0.717) is 11.1 Å². The van der Waals surface area contributed by atoms with Crippen LogP contribution in [-0.2, 0) is 0 Å². The summed E-state index contributed by atoms with van der Waals surface area (Å²) in [6.45, 7) is 5.45. The highest BCUT2D eigenvalue weighted by Gasteiger charge is 2.39. The minimum Gasteiger partial charge on any atom is -0.396 e. The van der Waals surface area contributed by atoms with Crippen molar-refractivity contribution in [3.63, 3.8) is 0 Å². The van der Waals surface area contributed by atoms with E-state index in [-0.39, 0.29) is 30.4 Å². The molecule has 1 aliphatic rings. The van der Waals surface area contributed by atoms with Gasteiger partial charge in [-0.3, -0.25) is 14.5 Å². The highest BCUT2D eigenvalue weighted by Crippen LogP contribution is 2.27. The molecule has 1 N–H and O–H groups in total. The molecule has 0 saturated carbocycles. The number of hydrogen-bond donors (Lipinski definition) is 1. The third-order valence-corrected chi connectivity index (χ3v) is 3.59. The molecule has 2 rings (SSSR count). The van der Waals surface area contributed by atoms with E-state index in [4.69, 9.17) is 5.11 Å². The van der Waals surface area contributed by atoms with Crippen LogP contribution in [0, 0.1) is 12.8 Å². The van der Waals surface area contributed by atoms with Gasteiger partial charge in [-0.1, -0.05) is 18.6 Å². The fourth-order valence-electron chi connectivity index (χ4n) is 2.15. The monoisotopic (exact) mass is 247 g/mol. The average molecular weight is 247 g/mol. The van der Waals surface area contributed by atoms with Gasteiger partial charge in [-0.25, -0.2) is 0 Å². The average Bonchev–Trinajstić information content (AvgIpc) is 2.60. The first-order chi connectivity index (χ1) is 8.47. The minimum atomic E-state index is -0.303. The Morgan fingerprint density at radius 2 is 1.78 bits per heavy atom. The molecule has 4 nitrogen and oxygen atoms in total. The third-order valence-electron chi connectivity index (χ3n) is 3.59. The Kier molecular flexibility index (Phi) is 3.22. The molecule has 0 fully saturated rings. The van der Waals surface area contributed by atoms with Crippen molar-refractivity contribution in [3.8, 4) is 0 Å². The van der Waals surface area contributed by atoms with E-state index in [2.05, 4.69) is 0 Å². The van der Waals surface area contributed by atoms with Gasteiger partial charge in [-0.05, 0) is 31.9 Å². The first-order valence-corrected chi connectivity index (χ1v) is 6.06. The number of hydrogen-bond acceptors (Lipinski definition) is 3. The molecule has 2 unspecified atom stereocenters. The van der Waals surface area contributed by atoms with Gasteiger partial charge < -0.3 is 5.11 Å². The van der Waals surface area contributed by atoms with Gasteiger partial charge in [0.05, 0.1) is 11.1 Å². The molecule has 1 aliphatic heterocycles. The Labute approximate surface area is 106 Å². The van der Waals surface area contributed by atoms with Gasteiger partial charge in [0.2, 0.25) is 0 Å². The molecule has 0 saturated heterocycles. The molecule has 1 heterocycles. The van der Waals surface area contributed by atoms with Gasteiger partial charge in [-0.2, -0.15) is 0 Å². The van der Waals surface area contributed by atoms with E-state index >= 15 is 0 Å². The van der Waals surface area contributed by atoms with E-state index in [1.807, 2.05) is 19.9 Å². The van der Waals surface area contributed by atoms with Crippen LogP contribution in [0.2, 0.25) is 0 Å². The molecular formula is C14H17NO3. The summed E-state index contributed by atoms with van der Waals surface area (Å²) in [6.07, 6.45) is 0. The fourth-order valence-corrected chi connectivity index (χ4v) is 2.15. The van der Waals surface area contributed by atoms with Crippen molar-refractivity contribution in [1.29, 1.82) is 0 Å². The van der Waals surface area contributed by atoms with Gasteiger partial charge in [-0.15, -0.1) is 0 Å². The zero-order valence-corrected chi connectivity index (χ0v) is 10.8. The predicted octanol–water partition coefficient (Wildman–Crippen LogP) is 1.61. The molecule has 1 aromatic carbocycles. The van der Waals surface area contributed by atoms with Crippen molar-refractivity contribution in [1.82, 2.24) is 4.90 Å². The predicted molar refractivity (Wildman–Crippen MR) is 67.4 cm³/mol. The number of aryl methyl sites for hydroxylation is 1. The lowest BCUT2D eigenvalue weighted by atomic mass is 10.0. The van der Waals surface area contributed by atoms with E-state index in [0.717, 1.165) is 5.56 Å². The number of benzene rings is 1. The van der Waals surface area contributed by atoms with Crippen LogP contribution in [-0.4, -0.2) is 34.5 Å². The topological polar surface area (TPSA) is 57.6 Å². The zero-order chi connectivity index (χ0) is 13.4. The number of amides is 2. The van der Waals surface area contributed by atoms with Crippen molar-refractivity contribution in [3.05, 3.63) is 34.9 Å². The van der Waals surface area contributed by atoms with Crippen LogP contribution in [0.15, 0.2) is 18.2 Å². The van der Waals surface area contributed by atoms with E-state index in [9.17, 15) is 9.59 Å². The number of nitrogens with zero attached hydrogens (tertiary/aromatic N) is 1. The standard InChI is InChI=1S/C14H17NO3/c1-8-4-5-11-12(6-8)14(18)15(13(11)17)10(3)9(2)7-16/h4-6,9-10,16H,7H2,1-3H3. The van der Waals surface area contributed by atoms with E-state index in [1.54, 1.807) is 19.1 Å². The lowest BCUT2D eigenvalue weighted by Gasteiger charge is -2.26. The maximum atomic E-state index is 12.2. The molecule has 2 amide bonds. The van der Waals surface area contributed by atoms with Gasteiger partial charge in [0.1, 0.15) is 0 Å². The minimum absolute atomic E-state index is 0.0480. The number of carbonyl (C=O) groups is 2. The van der Waals surface area contributed by atoms with Crippen molar-refractivity contribution in [2.24, 2.45) is 5.92 Å². The van der Waals surface area contributed by atoms with Crippen molar-refractivity contribution in [2.45, 2.75) is 26.8 Å². The summed E-state index contributed by atoms with van der Waals surface area (Å²) in [7, 11) is 0. The normalized spacial score (nSPS) is 17.9. The van der Waals surface area contributed by atoms with Crippen LogP contribution in [0.5, 0.6) is 0 Å². The Balaban J connectivity index is 2.40. The van der Waals surface area contributed by atoms with Crippen LogP contribution in [0.1, 0.15) is 40.1 Å². The fraction of sp³-hybridized carbons (Fsp3) is 0.429. The summed E-state index contributed by atoms with van der Waals surface area (Å²) in [5.74, 6) is -0.650. The SMILES string of the molecule is Cc1ccc2c(c1)C(=O)N(C(C)C(C)CO)C2=O. The van der Waals surface area contributed by atoms with Crippen molar-refractivity contribution >= 4 is 11.8 Å². The van der Waals surface area contributed by atoms with Crippen LogP contribution in [0.4, 0.5) is 0 Å². The van der Waals surface area contributed by atoms with Gasteiger partial charge >= 0.3 is 0 Å². The van der Waals surface area contributed by atoms with Crippen molar-refractivity contribution < 1.29 is 14.7 Å². The van der Waals surface area contributed by atoms with E-state index in [1.165, 1.54) is 4.90 Å². The Hall–Kier alpha value is -1.68. The molecule has 1 aromatic rings. The third kappa shape index (κ3) is 1.82. The number of imide groups is 1. The summed E-state index contributed by atoms with van der Waals surface area (Å²) in [4.78, 5) is 25.7. The smallest absolute Gasteiger partial charge is 0.261 e. The Morgan fingerprint density at radius 1 is 1.17 bits per heavy atom. The molecule has 0 aromatic heterocycles. The second-order valence-corrected chi connectivity index (χ2v) is 4.93. The molecule has 4 heteroatoms. The molecule has 2 atom stereocenters. The highest BCUT2D eigenvalue weighted by atomic mass is 16.3. The first-order valence-electron chi connectivity index (χ1n) is 6.06. The van der Waals surface area contributed by atoms with Crippen LogP contribution >= 0.6 is 0 Å². The number of aliphatic hydroxyl groups is 1. The summed E-state index contributed by atoms with van der Waals surface area (Å²) in [6, 6.07) is 4.96. The zero-order valence-electron chi connectivity index (χ0n) is 10.8. The molecule has 0 aliphatic carbocycles. The quantitative estimate of drug-likeness (QED) is 0.825. The van der Waals surface area contributed by atoms with Gasteiger partial charge in [0.25, 0.3) is 11.8 Å². The maximum Gasteiger partial charge on any atom is 0.261 e. The summed E-state index contributed by atoms with van der Waals surface area (Å²) < 4.78 is 0. The van der Waals surface area contributed by atoms with Crippen molar-refractivity contribution in [2.75, 3.05) is 6.61 Å². The number of fused-ring (bicyclic) bond motifs is 1. The lowest BCUT2D eigenvalue weighted by molar-refractivity contribution is 0.0516. The second kappa shape index (κ2) is 4.53. The number of rotatable bonds is 3. The molecule has 0 radical (unpaired) electrons. The highest BCUT2D eigenvalue weighted by molar-refractivity contribution is 6.21. The van der Waals surface area contributed by atoms with Crippen LogP contribution in [0.3, 0.4) is 0 Å². The van der Waals surface area contributed by atoms with Crippen LogP contribution < -0.4 is 0 Å². The molecule has 96 valence electrons. The van der Waals surface area contributed by atoms with Crippen LogP contribution in [0.25, 0.3) is 0 Å². The Bertz CT molecular complexity index is 510. The lowest BCUT2D eigenvalue weighted by Crippen LogP contribution is -2.42. The summed E-state index contributed by atoms with van der Waals surface area (Å²) in [5.41, 5.74) is 1.89.